The van der Waals surface area contributed by atoms with E-state index in [-0.39, 0.29) is 23.8 Å². The van der Waals surface area contributed by atoms with Crippen molar-refractivity contribution in [3.8, 4) is 11.8 Å². The Morgan fingerprint density at radius 2 is 1.65 bits per heavy atom. The summed E-state index contributed by atoms with van der Waals surface area (Å²) in [6.07, 6.45) is 0.558. The van der Waals surface area contributed by atoms with E-state index in [1.807, 2.05) is 24.3 Å². The van der Waals surface area contributed by atoms with E-state index in [1.54, 1.807) is 29.3 Å². The van der Waals surface area contributed by atoms with E-state index in [1.165, 1.54) is 5.01 Å². The van der Waals surface area contributed by atoms with Crippen LogP contribution in [0.25, 0.3) is 0 Å². The SMILES string of the molecule is N#CC1CC2COc3ccccc3C2N1N1C(=O)c2ccccc2C1=O. The summed E-state index contributed by atoms with van der Waals surface area (Å²) in [7, 11) is 0. The van der Waals surface area contributed by atoms with Crippen molar-refractivity contribution >= 4 is 11.8 Å². The second-order valence-electron chi connectivity index (χ2n) is 6.78. The third-order valence-electron chi connectivity index (χ3n) is 5.42. The Morgan fingerprint density at radius 1 is 1.00 bits per heavy atom. The number of fused-ring (bicyclic) bond motifs is 4. The average molecular weight is 345 g/mol. The van der Waals surface area contributed by atoms with E-state index in [9.17, 15) is 14.9 Å². The molecule has 3 unspecified atom stereocenters. The predicted octanol–water partition coefficient (Wildman–Crippen LogP) is 2.55. The van der Waals surface area contributed by atoms with Crippen molar-refractivity contribution in [1.29, 1.82) is 5.26 Å². The van der Waals surface area contributed by atoms with Crippen molar-refractivity contribution in [2.24, 2.45) is 5.92 Å². The number of para-hydroxylation sites is 1. The van der Waals surface area contributed by atoms with E-state index >= 15 is 0 Å². The standard InChI is InChI=1S/C20H15N3O3/c21-10-13-9-12-11-26-17-8-4-3-7-16(17)18(12)22(13)23-19(24)14-5-1-2-6-15(14)20(23)25/h1-8,12-13,18H,9,11H2. The number of nitrogens with zero attached hydrogens (tertiary/aromatic N) is 3. The van der Waals surface area contributed by atoms with Crippen LogP contribution in [0.4, 0.5) is 0 Å². The molecule has 6 heteroatoms. The van der Waals surface area contributed by atoms with Crippen molar-refractivity contribution < 1.29 is 14.3 Å². The number of amides is 2. The molecule has 0 aliphatic carbocycles. The molecule has 1 fully saturated rings. The summed E-state index contributed by atoms with van der Waals surface area (Å²) in [5.41, 5.74) is 1.69. The summed E-state index contributed by atoms with van der Waals surface area (Å²) in [6, 6.07) is 15.9. The van der Waals surface area contributed by atoms with Crippen LogP contribution >= 0.6 is 0 Å². The van der Waals surface area contributed by atoms with Crippen LogP contribution in [0.3, 0.4) is 0 Å². The normalized spacial score (nSPS) is 26.7. The van der Waals surface area contributed by atoms with Crippen LogP contribution < -0.4 is 4.74 Å². The van der Waals surface area contributed by atoms with Gasteiger partial charge in [0.05, 0.1) is 29.8 Å². The van der Waals surface area contributed by atoms with Crippen LogP contribution in [0.5, 0.6) is 5.75 Å². The van der Waals surface area contributed by atoms with Gasteiger partial charge < -0.3 is 4.74 Å². The fourth-order valence-corrected chi connectivity index (χ4v) is 4.30. The molecule has 3 heterocycles. The third kappa shape index (κ3) is 1.89. The lowest BCUT2D eigenvalue weighted by Crippen LogP contribution is -2.50. The maximum Gasteiger partial charge on any atom is 0.276 e. The smallest absolute Gasteiger partial charge is 0.276 e. The molecule has 3 aliphatic heterocycles. The highest BCUT2D eigenvalue weighted by molar-refractivity contribution is 6.21. The van der Waals surface area contributed by atoms with E-state index in [0.29, 0.717) is 24.2 Å². The molecule has 2 aromatic rings. The van der Waals surface area contributed by atoms with Crippen molar-refractivity contribution in [1.82, 2.24) is 10.0 Å². The lowest BCUT2D eigenvalue weighted by molar-refractivity contribution is -0.0259. The maximum atomic E-state index is 13.0. The minimum atomic E-state index is -0.554. The fraction of sp³-hybridized carbons (Fsp3) is 0.250. The minimum absolute atomic E-state index is 0.0545. The highest BCUT2D eigenvalue weighted by Gasteiger charge is 2.53. The molecule has 26 heavy (non-hydrogen) atoms. The third-order valence-corrected chi connectivity index (χ3v) is 5.42. The van der Waals surface area contributed by atoms with E-state index in [4.69, 9.17) is 4.74 Å². The summed E-state index contributed by atoms with van der Waals surface area (Å²) in [4.78, 5) is 25.9. The van der Waals surface area contributed by atoms with Gasteiger partial charge >= 0.3 is 0 Å². The zero-order valence-corrected chi connectivity index (χ0v) is 13.8. The molecule has 128 valence electrons. The molecule has 0 radical (unpaired) electrons. The van der Waals surface area contributed by atoms with Gasteiger partial charge in [0.2, 0.25) is 0 Å². The van der Waals surface area contributed by atoms with Gasteiger partial charge in [0, 0.05) is 11.5 Å². The van der Waals surface area contributed by atoms with Gasteiger partial charge in [0.15, 0.2) is 0 Å². The van der Waals surface area contributed by atoms with Crippen molar-refractivity contribution in [2.45, 2.75) is 18.5 Å². The first-order valence-electron chi connectivity index (χ1n) is 8.58. The van der Waals surface area contributed by atoms with Gasteiger partial charge in [-0.3, -0.25) is 9.59 Å². The molecule has 3 aliphatic rings. The minimum Gasteiger partial charge on any atom is -0.493 e. The highest BCUT2D eigenvalue weighted by Crippen LogP contribution is 2.49. The number of imide groups is 1. The van der Waals surface area contributed by atoms with Gasteiger partial charge in [-0.05, 0) is 24.6 Å². The Kier molecular flexibility index (Phi) is 3.15. The summed E-state index contributed by atoms with van der Waals surface area (Å²) in [5, 5.41) is 12.5. The molecule has 6 nitrogen and oxygen atoms in total. The van der Waals surface area contributed by atoms with Gasteiger partial charge in [0.1, 0.15) is 11.8 Å². The van der Waals surface area contributed by atoms with Crippen LogP contribution in [0.15, 0.2) is 48.5 Å². The molecule has 3 atom stereocenters. The van der Waals surface area contributed by atoms with Gasteiger partial charge in [-0.25, -0.2) is 0 Å². The molecule has 1 saturated heterocycles. The van der Waals surface area contributed by atoms with Crippen molar-refractivity contribution in [2.75, 3.05) is 6.61 Å². The quantitative estimate of drug-likeness (QED) is 0.743. The Balaban J connectivity index is 1.63. The zero-order valence-electron chi connectivity index (χ0n) is 13.8. The molecular weight excluding hydrogens is 330 g/mol. The number of carbonyl (C=O) groups excluding carboxylic acids is 2. The van der Waals surface area contributed by atoms with Gasteiger partial charge in [-0.15, -0.1) is 0 Å². The summed E-state index contributed by atoms with van der Waals surface area (Å²) >= 11 is 0. The number of hydrogen-bond acceptors (Lipinski definition) is 5. The fourth-order valence-electron chi connectivity index (χ4n) is 4.30. The van der Waals surface area contributed by atoms with Crippen LogP contribution in [0.1, 0.15) is 38.7 Å². The number of benzene rings is 2. The Morgan fingerprint density at radius 3 is 2.35 bits per heavy atom. The Labute approximate surface area is 150 Å². The van der Waals surface area contributed by atoms with E-state index < -0.39 is 6.04 Å². The molecule has 0 saturated carbocycles. The molecule has 0 aromatic heterocycles. The van der Waals surface area contributed by atoms with E-state index in [2.05, 4.69) is 6.07 Å². The first-order valence-corrected chi connectivity index (χ1v) is 8.58. The highest BCUT2D eigenvalue weighted by atomic mass is 16.5. The number of hydrazine groups is 1. The molecule has 0 bridgehead atoms. The Hall–Kier alpha value is -3.17. The second kappa shape index (κ2) is 5.41. The summed E-state index contributed by atoms with van der Waals surface area (Å²) < 4.78 is 5.83. The molecule has 5 rings (SSSR count). The van der Waals surface area contributed by atoms with Crippen LogP contribution in [-0.2, 0) is 0 Å². The largest absolute Gasteiger partial charge is 0.493 e. The first kappa shape index (κ1) is 15.1. The first-order chi connectivity index (χ1) is 12.7. The lowest BCUT2D eigenvalue weighted by Gasteiger charge is -2.37. The van der Waals surface area contributed by atoms with Crippen LogP contribution in [0.2, 0.25) is 0 Å². The monoisotopic (exact) mass is 345 g/mol. The molecular formula is C20H15N3O3. The number of hydrogen-bond donors (Lipinski definition) is 0. The number of carbonyl (C=O) groups is 2. The lowest BCUT2D eigenvalue weighted by atomic mass is 9.91. The number of rotatable bonds is 1. The Bertz CT molecular complexity index is 945. The van der Waals surface area contributed by atoms with Gasteiger partial charge in [-0.2, -0.15) is 15.3 Å². The van der Waals surface area contributed by atoms with E-state index in [0.717, 1.165) is 11.3 Å². The molecule has 2 aromatic carbocycles. The molecule has 0 N–H and O–H groups in total. The van der Waals surface area contributed by atoms with Crippen molar-refractivity contribution in [3.63, 3.8) is 0 Å². The van der Waals surface area contributed by atoms with Crippen LogP contribution in [-0.4, -0.2) is 34.5 Å². The number of nitriles is 1. The van der Waals surface area contributed by atoms with Crippen molar-refractivity contribution in [3.05, 3.63) is 65.2 Å². The predicted molar refractivity (Wildman–Crippen MR) is 91.0 cm³/mol. The molecule has 2 amide bonds. The second-order valence-corrected chi connectivity index (χ2v) is 6.78. The molecule has 0 spiro atoms. The topological polar surface area (TPSA) is 73.6 Å². The number of ether oxygens (including phenoxy) is 1. The van der Waals surface area contributed by atoms with Gasteiger partial charge in [-0.1, -0.05) is 30.3 Å². The van der Waals surface area contributed by atoms with Gasteiger partial charge in [0.25, 0.3) is 11.8 Å². The maximum absolute atomic E-state index is 13.0. The summed E-state index contributed by atoms with van der Waals surface area (Å²) in [6.45, 7) is 0.472. The van der Waals surface area contributed by atoms with Crippen LogP contribution in [0, 0.1) is 17.2 Å². The summed E-state index contributed by atoms with van der Waals surface area (Å²) in [5.74, 6) is 0.0683. The zero-order chi connectivity index (χ0) is 17.8. The average Bonchev–Trinajstić information content (AvgIpc) is 3.17.